The third kappa shape index (κ3) is 2.50. The summed E-state index contributed by atoms with van der Waals surface area (Å²) in [6.07, 6.45) is 5.51. The number of H-pyrrole nitrogens is 1. The van der Waals surface area contributed by atoms with Crippen LogP contribution >= 0.6 is 0 Å². The molecule has 0 bridgehead atoms. The van der Waals surface area contributed by atoms with Crippen molar-refractivity contribution in [2.45, 2.75) is 33.1 Å². The van der Waals surface area contributed by atoms with E-state index in [0.717, 1.165) is 42.6 Å². The highest BCUT2D eigenvalue weighted by atomic mass is 15.3. The number of nitrogens with one attached hydrogen (secondary N) is 2. The first-order chi connectivity index (χ1) is 9.65. The summed E-state index contributed by atoms with van der Waals surface area (Å²) in [5.41, 5.74) is 4.52. The Morgan fingerprint density at radius 1 is 1.30 bits per heavy atom. The van der Waals surface area contributed by atoms with Gasteiger partial charge in [-0.15, -0.1) is 0 Å². The van der Waals surface area contributed by atoms with Crippen molar-refractivity contribution in [1.29, 1.82) is 0 Å². The summed E-state index contributed by atoms with van der Waals surface area (Å²) >= 11 is 0. The van der Waals surface area contributed by atoms with Crippen molar-refractivity contribution in [3.8, 4) is 11.3 Å². The summed E-state index contributed by atoms with van der Waals surface area (Å²) in [7, 11) is 1.98. The molecule has 0 radical (unpaired) electrons. The molecular weight excluding hydrogens is 250 g/mol. The lowest BCUT2D eigenvalue weighted by Gasteiger charge is -2.21. The minimum absolute atomic E-state index is 0.756. The lowest BCUT2D eigenvalue weighted by molar-refractivity contribution is 0.368. The minimum atomic E-state index is 0.756. The number of nitrogens with zero attached hydrogens (tertiary/aromatic N) is 3. The van der Waals surface area contributed by atoms with Crippen LogP contribution in [0.5, 0.6) is 0 Å². The van der Waals surface area contributed by atoms with E-state index in [1.54, 1.807) is 0 Å². The van der Waals surface area contributed by atoms with Crippen LogP contribution in [0.2, 0.25) is 0 Å². The van der Waals surface area contributed by atoms with Gasteiger partial charge in [-0.3, -0.25) is 4.68 Å². The maximum atomic E-state index is 4.57. The molecule has 2 aromatic rings. The molecule has 108 valence electrons. The van der Waals surface area contributed by atoms with E-state index in [0.29, 0.717) is 0 Å². The molecule has 1 saturated heterocycles. The van der Waals surface area contributed by atoms with Gasteiger partial charge in [-0.25, -0.2) is 4.98 Å². The zero-order valence-corrected chi connectivity index (χ0v) is 12.5. The number of hydrogen-bond acceptors (Lipinski definition) is 3. The van der Waals surface area contributed by atoms with Crippen molar-refractivity contribution in [2.24, 2.45) is 13.0 Å². The molecule has 3 rings (SSSR count). The normalized spacial score (nSPS) is 16.8. The largest absolute Gasteiger partial charge is 0.342 e. The standard InChI is InChI=1S/C15H23N5/c1-10-15(11(2)20(3)19-10)13-9-17-14(18-13)8-12-4-6-16-7-5-12/h9,12,16H,4-8H2,1-3H3,(H,17,18). The Morgan fingerprint density at radius 3 is 2.70 bits per heavy atom. The Kier molecular flexibility index (Phi) is 3.61. The van der Waals surface area contributed by atoms with Gasteiger partial charge < -0.3 is 10.3 Å². The van der Waals surface area contributed by atoms with Gasteiger partial charge in [0, 0.05) is 24.7 Å². The van der Waals surface area contributed by atoms with Crippen molar-refractivity contribution in [1.82, 2.24) is 25.1 Å². The lowest BCUT2D eigenvalue weighted by atomic mass is 9.94. The van der Waals surface area contributed by atoms with Crippen LogP contribution in [0, 0.1) is 19.8 Å². The van der Waals surface area contributed by atoms with Crippen LogP contribution in [0.15, 0.2) is 6.20 Å². The van der Waals surface area contributed by atoms with Gasteiger partial charge in [0.1, 0.15) is 5.82 Å². The monoisotopic (exact) mass is 273 g/mol. The van der Waals surface area contributed by atoms with Crippen molar-refractivity contribution in [2.75, 3.05) is 13.1 Å². The maximum absolute atomic E-state index is 4.57. The average Bonchev–Trinajstić information content (AvgIpc) is 2.97. The maximum Gasteiger partial charge on any atom is 0.106 e. The lowest BCUT2D eigenvalue weighted by Crippen LogP contribution is -2.28. The molecule has 0 spiro atoms. The van der Waals surface area contributed by atoms with Crippen LogP contribution in [-0.2, 0) is 13.5 Å². The molecule has 1 fully saturated rings. The summed E-state index contributed by atoms with van der Waals surface area (Å²) < 4.78 is 1.93. The van der Waals surface area contributed by atoms with Gasteiger partial charge in [0.2, 0.25) is 0 Å². The van der Waals surface area contributed by atoms with Crippen LogP contribution in [0.3, 0.4) is 0 Å². The third-order valence-electron chi connectivity index (χ3n) is 4.35. The number of rotatable bonds is 3. The Morgan fingerprint density at radius 2 is 2.05 bits per heavy atom. The molecule has 0 saturated carbocycles. The Bertz CT molecular complexity index is 589. The molecule has 0 aromatic carbocycles. The Balaban J connectivity index is 1.79. The second-order valence-electron chi connectivity index (χ2n) is 5.81. The smallest absolute Gasteiger partial charge is 0.106 e. The Hall–Kier alpha value is -1.62. The first-order valence-corrected chi connectivity index (χ1v) is 7.40. The second-order valence-corrected chi connectivity index (χ2v) is 5.81. The molecule has 3 heterocycles. The fourth-order valence-electron chi connectivity index (χ4n) is 3.12. The first-order valence-electron chi connectivity index (χ1n) is 7.40. The highest BCUT2D eigenvalue weighted by molar-refractivity contribution is 5.64. The summed E-state index contributed by atoms with van der Waals surface area (Å²) in [5, 5.41) is 7.88. The number of aromatic nitrogens is 4. The fourth-order valence-corrected chi connectivity index (χ4v) is 3.12. The van der Waals surface area contributed by atoms with Gasteiger partial charge in [-0.2, -0.15) is 5.10 Å². The molecule has 5 heteroatoms. The highest BCUT2D eigenvalue weighted by Crippen LogP contribution is 2.25. The van der Waals surface area contributed by atoms with Crippen molar-refractivity contribution in [3.63, 3.8) is 0 Å². The minimum Gasteiger partial charge on any atom is -0.342 e. The molecule has 20 heavy (non-hydrogen) atoms. The quantitative estimate of drug-likeness (QED) is 0.899. The molecular formula is C15H23N5. The van der Waals surface area contributed by atoms with E-state index in [4.69, 9.17) is 0 Å². The average molecular weight is 273 g/mol. The Labute approximate surface area is 119 Å². The zero-order valence-electron chi connectivity index (χ0n) is 12.5. The molecule has 2 aromatic heterocycles. The molecule has 0 unspecified atom stereocenters. The summed E-state index contributed by atoms with van der Waals surface area (Å²) in [4.78, 5) is 8.05. The van der Waals surface area contributed by atoms with Gasteiger partial charge in [-0.1, -0.05) is 0 Å². The number of hydrogen-bond donors (Lipinski definition) is 2. The predicted octanol–water partition coefficient (Wildman–Crippen LogP) is 1.97. The molecule has 1 aliphatic rings. The van der Waals surface area contributed by atoms with Gasteiger partial charge >= 0.3 is 0 Å². The molecule has 1 aliphatic heterocycles. The van der Waals surface area contributed by atoms with E-state index in [-0.39, 0.29) is 0 Å². The van der Waals surface area contributed by atoms with Gasteiger partial charge in [-0.05, 0) is 45.7 Å². The van der Waals surface area contributed by atoms with Gasteiger partial charge in [0.15, 0.2) is 0 Å². The number of imidazole rings is 1. The van der Waals surface area contributed by atoms with Crippen LogP contribution in [0.1, 0.15) is 30.1 Å². The van der Waals surface area contributed by atoms with E-state index in [2.05, 4.69) is 34.2 Å². The number of piperidine rings is 1. The first kappa shape index (κ1) is 13.4. The topological polar surface area (TPSA) is 58.5 Å². The third-order valence-corrected chi connectivity index (χ3v) is 4.35. The van der Waals surface area contributed by atoms with E-state index in [1.165, 1.54) is 24.1 Å². The van der Waals surface area contributed by atoms with Crippen LogP contribution in [0.4, 0.5) is 0 Å². The zero-order chi connectivity index (χ0) is 14.1. The van der Waals surface area contributed by atoms with Gasteiger partial charge in [0.05, 0.1) is 17.6 Å². The van der Waals surface area contributed by atoms with E-state index in [1.807, 2.05) is 17.9 Å². The van der Waals surface area contributed by atoms with E-state index < -0.39 is 0 Å². The number of aromatic amines is 1. The van der Waals surface area contributed by atoms with Crippen LogP contribution < -0.4 is 5.32 Å². The molecule has 0 amide bonds. The fraction of sp³-hybridized carbons (Fsp3) is 0.600. The summed E-state index contributed by atoms with van der Waals surface area (Å²) in [5.74, 6) is 1.86. The summed E-state index contributed by atoms with van der Waals surface area (Å²) in [6, 6.07) is 0. The van der Waals surface area contributed by atoms with E-state index in [9.17, 15) is 0 Å². The summed E-state index contributed by atoms with van der Waals surface area (Å²) in [6.45, 7) is 6.43. The SMILES string of the molecule is Cc1nn(C)c(C)c1-c1cnc(CC2CCNCC2)[nH]1. The predicted molar refractivity (Wildman–Crippen MR) is 79.6 cm³/mol. The highest BCUT2D eigenvalue weighted by Gasteiger charge is 2.17. The van der Waals surface area contributed by atoms with Crippen molar-refractivity contribution >= 4 is 0 Å². The van der Waals surface area contributed by atoms with Crippen LogP contribution in [0.25, 0.3) is 11.3 Å². The van der Waals surface area contributed by atoms with E-state index >= 15 is 0 Å². The van der Waals surface area contributed by atoms with Crippen molar-refractivity contribution < 1.29 is 0 Å². The van der Waals surface area contributed by atoms with Gasteiger partial charge in [0.25, 0.3) is 0 Å². The molecule has 0 aliphatic carbocycles. The number of aryl methyl sites for hydroxylation is 2. The molecule has 2 N–H and O–H groups in total. The van der Waals surface area contributed by atoms with Crippen molar-refractivity contribution in [3.05, 3.63) is 23.4 Å². The molecule has 5 nitrogen and oxygen atoms in total. The molecule has 0 atom stereocenters. The van der Waals surface area contributed by atoms with Crippen LogP contribution in [-0.4, -0.2) is 32.8 Å². The second kappa shape index (κ2) is 5.40.